The summed E-state index contributed by atoms with van der Waals surface area (Å²) in [6, 6.07) is 20.7. The van der Waals surface area contributed by atoms with Crippen LogP contribution < -0.4 is 30.4 Å². The summed E-state index contributed by atoms with van der Waals surface area (Å²) >= 11 is 0. The van der Waals surface area contributed by atoms with E-state index < -0.39 is 0 Å². The third kappa shape index (κ3) is 5.38. The molecule has 0 spiro atoms. The molecule has 0 aliphatic carbocycles. The topological polar surface area (TPSA) is 90.8 Å². The predicted octanol–water partition coefficient (Wildman–Crippen LogP) is 4.59. The number of aryl methyl sites for hydroxylation is 1. The molecule has 1 aromatic heterocycles. The number of nitrogens with zero attached hydrogens (tertiary/aromatic N) is 1. The number of amides is 1. The summed E-state index contributed by atoms with van der Waals surface area (Å²) in [6.07, 6.45) is 0.966. The van der Waals surface area contributed by atoms with Crippen molar-refractivity contribution in [3.05, 3.63) is 88.2 Å². The lowest BCUT2D eigenvalue weighted by molar-refractivity contribution is -0.116. The second-order valence-electron chi connectivity index (χ2n) is 8.80. The zero-order valence-corrected chi connectivity index (χ0v) is 20.9. The molecule has 1 amide bonds. The summed E-state index contributed by atoms with van der Waals surface area (Å²) in [4.78, 5) is 26.6. The molecule has 0 radical (unpaired) electrons. The molecule has 190 valence electrons. The van der Waals surface area contributed by atoms with Crippen molar-refractivity contribution in [1.82, 2.24) is 4.57 Å². The van der Waals surface area contributed by atoms with Gasteiger partial charge in [0, 0.05) is 35.6 Å². The molecule has 4 aromatic rings. The molecule has 8 heteroatoms. The number of pyridine rings is 1. The Hall–Kier alpha value is -4.46. The van der Waals surface area contributed by atoms with Crippen molar-refractivity contribution in [1.29, 1.82) is 0 Å². The van der Waals surface area contributed by atoms with Crippen LogP contribution in [0.15, 0.2) is 71.5 Å². The van der Waals surface area contributed by atoms with Crippen LogP contribution in [0.2, 0.25) is 0 Å². The van der Waals surface area contributed by atoms with Gasteiger partial charge in [-0.3, -0.25) is 14.2 Å². The normalized spacial score (nSPS) is 12.3. The molecule has 2 heterocycles. The van der Waals surface area contributed by atoms with Crippen molar-refractivity contribution in [3.63, 3.8) is 0 Å². The number of ether oxygens (including phenoxy) is 3. The molecule has 3 aromatic carbocycles. The van der Waals surface area contributed by atoms with Crippen molar-refractivity contribution in [2.45, 2.75) is 26.4 Å². The van der Waals surface area contributed by atoms with E-state index in [1.165, 1.54) is 10.1 Å². The first-order chi connectivity index (χ1) is 18.0. The van der Waals surface area contributed by atoms with Gasteiger partial charge in [-0.25, -0.2) is 0 Å². The average molecular weight is 500 g/mol. The van der Waals surface area contributed by atoms with E-state index >= 15 is 0 Å². The maximum Gasteiger partial charge on any atom is 0.256 e. The summed E-state index contributed by atoms with van der Waals surface area (Å²) in [5.41, 5.74) is 3.68. The second-order valence-corrected chi connectivity index (χ2v) is 8.80. The Bertz CT molecular complexity index is 1490. The fraction of sp³-hybridized carbons (Fsp3) is 0.241. The van der Waals surface area contributed by atoms with Crippen molar-refractivity contribution >= 4 is 28.2 Å². The molecule has 0 unspecified atom stereocenters. The average Bonchev–Trinajstić information content (AvgIpc) is 2.93. The molecule has 37 heavy (non-hydrogen) atoms. The van der Waals surface area contributed by atoms with Crippen molar-refractivity contribution in [3.8, 4) is 17.2 Å². The largest absolute Gasteiger partial charge is 0.497 e. The summed E-state index contributed by atoms with van der Waals surface area (Å²) in [7, 11) is 1.57. The number of nitrogens with one attached hydrogen (secondary N) is 2. The zero-order chi connectivity index (χ0) is 25.8. The number of hydrogen-bond acceptors (Lipinski definition) is 6. The molecular weight excluding hydrogens is 470 g/mol. The fourth-order valence-corrected chi connectivity index (χ4v) is 4.34. The smallest absolute Gasteiger partial charge is 0.256 e. The molecule has 1 aliphatic rings. The number of fused-ring (bicyclic) bond motifs is 2. The van der Waals surface area contributed by atoms with Gasteiger partial charge in [0.05, 0.1) is 12.6 Å². The first-order valence-electron chi connectivity index (χ1n) is 12.3. The number of rotatable bonds is 8. The molecule has 0 fully saturated rings. The Morgan fingerprint density at radius 1 is 0.946 bits per heavy atom. The molecule has 5 rings (SSSR count). The van der Waals surface area contributed by atoms with E-state index in [0.717, 1.165) is 17.5 Å². The standard InChI is InChI=1S/C29H29N3O5/c1-3-19-4-7-22(8-5-19)30-17-21-14-20-6-10-24(35-2)16-25(20)32(29(21)34)18-28(33)31-23-9-11-26-27(15-23)37-13-12-36-26/h4-11,14-16,30H,3,12-13,17-18H2,1-2H3,(H,31,33). The van der Waals surface area contributed by atoms with Crippen LogP contribution in [0.1, 0.15) is 18.1 Å². The van der Waals surface area contributed by atoms with Gasteiger partial charge in [-0.2, -0.15) is 0 Å². The highest BCUT2D eigenvalue weighted by Crippen LogP contribution is 2.32. The SMILES string of the molecule is CCc1ccc(NCc2cc3ccc(OC)cc3n(CC(=O)Nc3ccc4c(c3)OCCO4)c2=O)cc1. The quantitative estimate of drug-likeness (QED) is 0.368. The summed E-state index contributed by atoms with van der Waals surface area (Å²) in [5.74, 6) is 1.50. The van der Waals surface area contributed by atoms with Crippen LogP contribution in [0.4, 0.5) is 11.4 Å². The monoisotopic (exact) mass is 499 g/mol. The van der Waals surface area contributed by atoms with Gasteiger partial charge in [-0.15, -0.1) is 0 Å². The van der Waals surface area contributed by atoms with Crippen molar-refractivity contribution < 1.29 is 19.0 Å². The zero-order valence-electron chi connectivity index (χ0n) is 20.9. The highest BCUT2D eigenvalue weighted by Gasteiger charge is 2.16. The lowest BCUT2D eigenvalue weighted by Crippen LogP contribution is -2.30. The molecule has 0 bridgehead atoms. The number of aromatic nitrogens is 1. The minimum Gasteiger partial charge on any atom is -0.497 e. The third-order valence-corrected chi connectivity index (χ3v) is 6.35. The summed E-state index contributed by atoms with van der Waals surface area (Å²) in [6.45, 7) is 3.23. The number of methoxy groups -OCH3 is 1. The van der Waals surface area contributed by atoms with E-state index in [-0.39, 0.29) is 18.0 Å². The van der Waals surface area contributed by atoms with Gasteiger partial charge in [0.1, 0.15) is 25.5 Å². The van der Waals surface area contributed by atoms with Crippen LogP contribution in [-0.2, 0) is 24.3 Å². The lowest BCUT2D eigenvalue weighted by atomic mass is 10.1. The van der Waals surface area contributed by atoms with Gasteiger partial charge in [0.2, 0.25) is 5.91 Å². The highest BCUT2D eigenvalue weighted by atomic mass is 16.6. The number of hydrogen-bond donors (Lipinski definition) is 2. The van der Waals surface area contributed by atoms with Crippen LogP contribution in [0, 0.1) is 0 Å². The number of carbonyl (C=O) groups is 1. The first-order valence-corrected chi connectivity index (χ1v) is 12.3. The van der Waals surface area contributed by atoms with Gasteiger partial charge >= 0.3 is 0 Å². The molecule has 8 nitrogen and oxygen atoms in total. The molecule has 0 saturated heterocycles. The maximum atomic E-state index is 13.5. The van der Waals surface area contributed by atoms with Gasteiger partial charge in [-0.05, 0) is 59.8 Å². The van der Waals surface area contributed by atoms with Gasteiger partial charge < -0.3 is 24.8 Å². The molecule has 0 atom stereocenters. The minimum absolute atomic E-state index is 0.157. The summed E-state index contributed by atoms with van der Waals surface area (Å²) < 4.78 is 18.0. The van der Waals surface area contributed by atoms with E-state index in [1.54, 1.807) is 31.4 Å². The Morgan fingerprint density at radius 2 is 1.70 bits per heavy atom. The van der Waals surface area contributed by atoms with Crippen LogP contribution in [0.25, 0.3) is 10.9 Å². The van der Waals surface area contributed by atoms with E-state index in [2.05, 4.69) is 29.7 Å². The first kappa shape index (κ1) is 24.2. The Balaban J connectivity index is 1.42. The van der Waals surface area contributed by atoms with Crippen molar-refractivity contribution in [2.75, 3.05) is 31.0 Å². The van der Waals surface area contributed by atoms with Gasteiger partial charge in [0.15, 0.2) is 11.5 Å². The van der Waals surface area contributed by atoms with Crippen LogP contribution in [-0.4, -0.2) is 30.8 Å². The van der Waals surface area contributed by atoms with E-state index in [0.29, 0.717) is 53.8 Å². The predicted molar refractivity (Wildman–Crippen MR) is 144 cm³/mol. The van der Waals surface area contributed by atoms with Crippen molar-refractivity contribution in [2.24, 2.45) is 0 Å². The van der Waals surface area contributed by atoms with E-state index in [4.69, 9.17) is 14.2 Å². The number of anilines is 2. The number of carbonyl (C=O) groups excluding carboxylic acids is 1. The van der Waals surface area contributed by atoms with Gasteiger partial charge in [-0.1, -0.05) is 19.1 Å². The fourth-order valence-electron chi connectivity index (χ4n) is 4.34. The minimum atomic E-state index is -0.330. The molecule has 0 saturated carbocycles. The van der Waals surface area contributed by atoms with E-state index in [1.807, 2.05) is 30.3 Å². The number of benzene rings is 3. The second kappa shape index (κ2) is 10.7. The highest BCUT2D eigenvalue weighted by molar-refractivity contribution is 5.92. The Kier molecular flexibility index (Phi) is 6.98. The Labute approximate surface area is 214 Å². The van der Waals surface area contributed by atoms with Crippen LogP contribution in [0.3, 0.4) is 0 Å². The maximum absolute atomic E-state index is 13.5. The molecular formula is C29H29N3O5. The third-order valence-electron chi connectivity index (χ3n) is 6.35. The Morgan fingerprint density at radius 3 is 2.46 bits per heavy atom. The van der Waals surface area contributed by atoms with Crippen LogP contribution >= 0.6 is 0 Å². The summed E-state index contributed by atoms with van der Waals surface area (Å²) in [5, 5.41) is 7.03. The lowest BCUT2D eigenvalue weighted by Gasteiger charge is -2.19. The van der Waals surface area contributed by atoms with Crippen LogP contribution in [0.5, 0.6) is 17.2 Å². The molecule has 2 N–H and O–H groups in total. The molecule has 1 aliphatic heterocycles. The van der Waals surface area contributed by atoms with Gasteiger partial charge in [0.25, 0.3) is 5.56 Å². The van der Waals surface area contributed by atoms with E-state index in [9.17, 15) is 9.59 Å².